The van der Waals surface area contributed by atoms with E-state index in [0.29, 0.717) is 30.3 Å². The van der Waals surface area contributed by atoms with Gasteiger partial charge in [0.1, 0.15) is 11.6 Å². The Morgan fingerprint density at radius 2 is 2.00 bits per heavy atom. The topological polar surface area (TPSA) is 102 Å². The summed E-state index contributed by atoms with van der Waals surface area (Å²) in [6.07, 6.45) is 5.31. The number of hydrogen-bond acceptors (Lipinski definition) is 7. The van der Waals surface area contributed by atoms with Crippen LogP contribution in [-0.2, 0) is 17.1 Å². The first-order valence-electron chi connectivity index (χ1n) is 10.8. The van der Waals surface area contributed by atoms with E-state index in [1.807, 2.05) is 0 Å². The number of carbonyl (C=O) groups excluding carboxylic acids is 1. The molecule has 0 unspecified atom stereocenters. The number of ether oxygens (including phenoxy) is 1. The number of aromatic nitrogens is 4. The van der Waals surface area contributed by atoms with Gasteiger partial charge in [0.25, 0.3) is 0 Å². The first-order valence-corrected chi connectivity index (χ1v) is 10.8. The molecule has 3 aromatic heterocycles. The van der Waals surface area contributed by atoms with Crippen molar-refractivity contribution in [3.63, 3.8) is 0 Å². The summed E-state index contributed by atoms with van der Waals surface area (Å²) in [6, 6.07) is 6.20. The Morgan fingerprint density at radius 1 is 1.22 bits per heavy atom. The van der Waals surface area contributed by atoms with Crippen molar-refractivity contribution in [1.29, 1.82) is 0 Å². The molecular weight excluding hydrogens is 708 g/mol. The average molecular weight is 733 g/mol. The van der Waals surface area contributed by atoms with Gasteiger partial charge in [-0.1, -0.05) is 6.07 Å². The largest absolute Gasteiger partial charge is 0.489 e. The van der Waals surface area contributed by atoms with Gasteiger partial charge in [-0.15, -0.1) is 6.42 Å². The maximum atomic E-state index is 13.8. The van der Waals surface area contributed by atoms with Gasteiger partial charge in [-0.05, 0) is 13.0 Å². The Balaban J connectivity index is 0.00000456. The van der Waals surface area contributed by atoms with E-state index >= 15 is 0 Å². The minimum atomic E-state index is -3.24. The van der Waals surface area contributed by atoms with Crippen LogP contribution in [0, 0.1) is 26.2 Å². The van der Waals surface area contributed by atoms with Crippen molar-refractivity contribution in [3.8, 4) is 5.75 Å². The van der Waals surface area contributed by atoms with Crippen molar-refractivity contribution >= 4 is 23.2 Å². The second-order valence-electron chi connectivity index (χ2n) is 7.68. The summed E-state index contributed by atoms with van der Waals surface area (Å²) in [5, 5.41) is 5.59. The van der Waals surface area contributed by atoms with Gasteiger partial charge < -0.3 is 35.1 Å². The predicted molar refractivity (Wildman–Crippen MR) is 125 cm³/mol. The molecule has 3 aromatic rings. The van der Waals surface area contributed by atoms with Crippen LogP contribution >= 0.6 is 0 Å². The minimum absolute atomic E-state index is 0. The molecule has 3 rings (SSSR count). The minimum Gasteiger partial charge on any atom is -0.489 e. The summed E-state index contributed by atoms with van der Waals surface area (Å²) < 4.78 is 47.2. The molecule has 0 fully saturated rings. The number of nitrogens with zero attached hydrogens (tertiary/aromatic N) is 4. The van der Waals surface area contributed by atoms with E-state index in [0.717, 1.165) is 0 Å². The van der Waals surface area contributed by atoms with Crippen LogP contribution in [0.3, 0.4) is 0 Å². The van der Waals surface area contributed by atoms with Crippen LogP contribution in [0.5, 0.6) is 5.75 Å². The summed E-state index contributed by atoms with van der Waals surface area (Å²) in [4.78, 5) is 27.6. The smallest absolute Gasteiger partial charge is 0.303 e. The number of aryl methyl sites for hydroxylation is 1. The first-order chi connectivity index (χ1) is 16.7. The molecule has 0 aliphatic carbocycles. The standard InChI is InChI=1S/C24H25F3N6O2.Cm/c1-4-5-8-21(34)32-19-13-17(31-20-12-15(2)30-23(33-20)24(3,26)27)18(14-29-19)35-11-9-16-7-6-10-28-22(16)25;/h5-7,10,12-14H,1,4,8-9,11H2,2-3H3,(H2,29,30,31,32,33,34);/q-2;. The number of alkyl halides is 2. The molecule has 1 amide bonds. The predicted octanol–water partition coefficient (Wildman–Crippen LogP) is 4.95. The summed E-state index contributed by atoms with van der Waals surface area (Å²) in [5.41, 5.74) is 1.02. The van der Waals surface area contributed by atoms with Crippen LogP contribution in [0.1, 0.15) is 36.8 Å². The van der Waals surface area contributed by atoms with Crippen molar-refractivity contribution in [2.45, 2.75) is 39.0 Å². The number of rotatable bonds is 11. The molecule has 0 bridgehead atoms. The second kappa shape index (κ2) is 12.1. The number of carbonyl (C=O) groups is 1. The molecule has 0 aliphatic heterocycles. The average Bonchev–Trinajstić information content (AvgIpc) is 2.79. The van der Waals surface area contributed by atoms with Crippen LogP contribution in [0.25, 0.3) is 0 Å². The summed E-state index contributed by atoms with van der Waals surface area (Å²) in [6.45, 7) is 6.02. The van der Waals surface area contributed by atoms with Crippen LogP contribution < -0.4 is 15.4 Å². The van der Waals surface area contributed by atoms with Crippen molar-refractivity contribution in [1.82, 2.24) is 19.9 Å². The van der Waals surface area contributed by atoms with Crippen molar-refractivity contribution < 1.29 is 22.7 Å². The third-order valence-electron chi connectivity index (χ3n) is 4.64. The molecular formula is C24H25CmF3N6O2-2. The molecule has 0 spiro atoms. The summed E-state index contributed by atoms with van der Waals surface area (Å²) in [7, 11) is 0. The third kappa shape index (κ3) is 7.64. The number of anilines is 3. The van der Waals surface area contributed by atoms with Gasteiger partial charge in [0, 0.05) is 42.9 Å². The molecule has 3 heterocycles. The quantitative estimate of drug-likeness (QED) is 0.213. The Kier molecular flexibility index (Phi) is 9.23. The zero-order valence-electron chi connectivity index (χ0n) is 19.7. The number of pyridine rings is 2. The molecule has 0 saturated heterocycles. The van der Waals surface area contributed by atoms with Gasteiger partial charge in [-0.2, -0.15) is 13.2 Å². The van der Waals surface area contributed by atoms with Gasteiger partial charge in [0.2, 0.25) is 11.8 Å². The third-order valence-corrected chi connectivity index (χ3v) is 4.64. The maximum absolute atomic E-state index is 13.8. The molecule has 0 aromatic carbocycles. The fourth-order valence-corrected chi connectivity index (χ4v) is 2.99. The zero-order valence-corrected chi connectivity index (χ0v) is 22.6. The summed E-state index contributed by atoms with van der Waals surface area (Å²) in [5.74, 6) is -4.19. The summed E-state index contributed by atoms with van der Waals surface area (Å²) >= 11 is 0. The number of nitrogens with one attached hydrogen (secondary N) is 2. The van der Waals surface area contributed by atoms with Crippen LogP contribution in [0.15, 0.2) is 36.7 Å². The van der Waals surface area contributed by atoms with Crippen molar-refractivity contribution in [3.05, 3.63) is 73.0 Å². The van der Waals surface area contributed by atoms with Crippen LogP contribution in [-0.4, -0.2) is 32.4 Å². The Labute approximate surface area is 201 Å². The van der Waals surface area contributed by atoms with Crippen molar-refractivity contribution in [2.24, 2.45) is 0 Å². The van der Waals surface area contributed by atoms with Crippen molar-refractivity contribution in [2.75, 3.05) is 17.2 Å². The maximum Gasteiger partial charge on any atom is 0.303 e. The molecule has 0 aliphatic rings. The van der Waals surface area contributed by atoms with E-state index in [9.17, 15) is 18.0 Å². The van der Waals surface area contributed by atoms with Crippen LogP contribution in [0.2, 0.25) is 0 Å². The van der Waals surface area contributed by atoms with E-state index in [4.69, 9.17) is 4.74 Å². The number of unbranched alkanes of at least 4 members (excludes halogenated alkanes) is 1. The SMILES string of the molecule is [CH2-]C[CH-]CC(=O)Nc1cc(Nc2cc(C)nc(C(C)(F)F)n2)c(OCCc2cccnc2F)cn1.[Cm]. The van der Waals surface area contributed by atoms with Crippen LogP contribution in [0.4, 0.5) is 30.5 Å². The second-order valence-corrected chi connectivity index (χ2v) is 7.68. The van der Waals surface area contributed by atoms with E-state index in [1.54, 1.807) is 25.5 Å². The van der Waals surface area contributed by atoms with Gasteiger partial charge in [0.15, 0.2) is 11.7 Å². The van der Waals surface area contributed by atoms with E-state index in [1.165, 1.54) is 24.5 Å². The van der Waals surface area contributed by atoms with Gasteiger partial charge in [-0.25, -0.2) is 19.9 Å². The first kappa shape index (κ1) is 27.5. The fourth-order valence-electron chi connectivity index (χ4n) is 2.99. The Hall–Kier alpha value is -4.76. The molecule has 194 valence electrons. The van der Waals surface area contributed by atoms with Gasteiger partial charge in [-0.3, -0.25) is 4.79 Å². The molecule has 12 heteroatoms. The van der Waals surface area contributed by atoms with E-state index in [-0.39, 0.29) is 42.7 Å². The Morgan fingerprint density at radius 3 is 2.69 bits per heavy atom. The molecule has 36 heavy (non-hydrogen) atoms. The van der Waals surface area contributed by atoms with E-state index < -0.39 is 17.7 Å². The number of halogens is 3. The van der Waals surface area contributed by atoms with Gasteiger partial charge >= 0.3 is 5.92 Å². The van der Waals surface area contributed by atoms with E-state index in [2.05, 4.69) is 37.5 Å². The molecule has 0 radical (unpaired) electrons. The number of amides is 1. The molecule has 2 N–H and O–H groups in total. The monoisotopic (exact) mass is 729 g/mol. The fraction of sp³-hybridized carbons (Fsp3) is 0.292. The number of hydrogen-bond donors (Lipinski definition) is 2. The molecule has 0 saturated carbocycles. The zero-order chi connectivity index (χ0) is 25.4. The molecule has 8 nitrogen and oxygen atoms in total. The molecule has 0 atom stereocenters. The normalized spacial score (nSPS) is 10.9. The van der Waals surface area contributed by atoms with Gasteiger partial charge in [0.05, 0.1) is 18.5 Å². The Bertz CT molecular complexity index is 1180.